The first kappa shape index (κ1) is 12.3. The van der Waals surface area contributed by atoms with Crippen LogP contribution < -0.4 is 0 Å². The highest BCUT2D eigenvalue weighted by Gasteiger charge is 2.56. The van der Waals surface area contributed by atoms with Crippen LogP contribution in [-0.4, -0.2) is 13.4 Å². The zero-order chi connectivity index (χ0) is 11.1. The monoisotopic (exact) mass is 314 g/mol. The molecule has 2 rings (SSSR count). The van der Waals surface area contributed by atoms with E-state index in [9.17, 15) is 0 Å². The molecule has 1 aromatic carbocycles. The lowest BCUT2D eigenvalue weighted by Gasteiger charge is -2.19. The van der Waals surface area contributed by atoms with Crippen LogP contribution in [0.4, 0.5) is 0 Å². The molecule has 1 unspecified atom stereocenters. The Labute approximate surface area is 110 Å². The fourth-order valence-electron chi connectivity index (χ4n) is 2.04. The quantitative estimate of drug-likeness (QED) is 0.520. The van der Waals surface area contributed by atoms with Crippen LogP contribution in [0.2, 0.25) is 11.7 Å². The summed E-state index contributed by atoms with van der Waals surface area (Å²) >= 11 is 25.4. The van der Waals surface area contributed by atoms with E-state index in [0.29, 0.717) is 5.67 Å². The number of benzene rings is 1. The highest BCUT2D eigenvalue weighted by molar-refractivity contribution is 7.59. The fraction of sp³-hybridized carbons (Fsp3) is 0.333. The molecule has 1 fully saturated rings. The van der Waals surface area contributed by atoms with Gasteiger partial charge in [0.1, 0.15) is 0 Å². The van der Waals surface area contributed by atoms with Crippen molar-refractivity contribution in [2.75, 3.05) is 0 Å². The summed E-state index contributed by atoms with van der Waals surface area (Å²) in [6, 6.07) is 10.9. The fourth-order valence-corrected chi connectivity index (χ4v) is 24.3. The maximum atomic E-state index is 6.42. The second-order valence-corrected chi connectivity index (χ2v) is 19.3. The number of rotatable bonds is 1. The number of halogens is 4. The van der Waals surface area contributed by atoms with Crippen LogP contribution >= 0.6 is 44.3 Å². The van der Waals surface area contributed by atoms with Crippen molar-refractivity contribution in [3.05, 3.63) is 35.9 Å². The summed E-state index contributed by atoms with van der Waals surface area (Å²) in [6.45, 7) is -4.48. The SMILES string of the molecule is Cl[Si]1(Cl)CC(c2ccccc2)[Si](Cl)(Cl)C1. The lowest BCUT2D eigenvalue weighted by atomic mass is 10.2. The van der Waals surface area contributed by atoms with Gasteiger partial charge in [0.2, 0.25) is 0 Å². The predicted molar refractivity (Wildman–Crippen MR) is 73.7 cm³/mol. The molecule has 1 heterocycles. The average molecular weight is 316 g/mol. The van der Waals surface area contributed by atoms with Gasteiger partial charge in [-0.05, 0) is 17.3 Å². The van der Waals surface area contributed by atoms with Gasteiger partial charge in [-0.15, -0.1) is 44.3 Å². The molecule has 15 heavy (non-hydrogen) atoms. The summed E-state index contributed by atoms with van der Waals surface area (Å²) < 4.78 is 0. The topological polar surface area (TPSA) is 0 Å². The largest absolute Gasteiger partial charge is 0.258 e. The molecule has 1 atom stereocenters. The first-order valence-corrected chi connectivity index (χ1v) is 13.5. The molecule has 0 amide bonds. The minimum absolute atomic E-state index is 0.198. The van der Waals surface area contributed by atoms with E-state index < -0.39 is 13.4 Å². The summed E-state index contributed by atoms with van der Waals surface area (Å²) in [6.07, 6.45) is 0. The summed E-state index contributed by atoms with van der Waals surface area (Å²) in [7, 11) is 0. The highest BCUT2D eigenvalue weighted by Crippen LogP contribution is 2.53. The molecular formula is C9H10Cl4Si2. The molecule has 0 spiro atoms. The number of hydrogen-bond donors (Lipinski definition) is 0. The predicted octanol–water partition coefficient (Wildman–Crippen LogP) is 4.70. The maximum Gasteiger partial charge on any atom is 0.258 e. The van der Waals surface area contributed by atoms with E-state index in [1.54, 1.807) is 0 Å². The van der Waals surface area contributed by atoms with E-state index in [4.69, 9.17) is 44.3 Å². The van der Waals surface area contributed by atoms with Crippen LogP contribution in [-0.2, 0) is 0 Å². The minimum atomic E-state index is -2.30. The van der Waals surface area contributed by atoms with Gasteiger partial charge in [-0.1, -0.05) is 30.3 Å². The number of hydrogen-bond acceptors (Lipinski definition) is 0. The van der Waals surface area contributed by atoms with Crippen molar-refractivity contribution in [3.8, 4) is 0 Å². The van der Waals surface area contributed by atoms with Crippen molar-refractivity contribution in [3.63, 3.8) is 0 Å². The van der Waals surface area contributed by atoms with Gasteiger partial charge in [-0.2, -0.15) is 0 Å². The lowest BCUT2D eigenvalue weighted by Crippen LogP contribution is -2.24. The van der Waals surface area contributed by atoms with E-state index in [-0.39, 0.29) is 5.54 Å². The summed E-state index contributed by atoms with van der Waals surface area (Å²) in [4.78, 5) is 0. The Balaban J connectivity index is 2.31. The normalized spacial score (nSPS) is 27.9. The minimum Gasteiger partial charge on any atom is -0.146 e. The molecule has 0 bridgehead atoms. The molecule has 1 saturated heterocycles. The molecule has 6 heteroatoms. The Bertz CT molecular complexity index is 352. The molecule has 0 N–H and O–H groups in total. The third kappa shape index (κ3) is 2.74. The Morgan fingerprint density at radius 3 is 2.07 bits per heavy atom. The molecule has 82 valence electrons. The van der Waals surface area contributed by atoms with Gasteiger partial charge in [0.15, 0.2) is 0 Å². The van der Waals surface area contributed by atoms with Gasteiger partial charge in [0.05, 0.1) is 0 Å². The second-order valence-electron chi connectivity index (χ2n) is 3.96. The van der Waals surface area contributed by atoms with Crippen LogP contribution in [0, 0.1) is 0 Å². The van der Waals surface area contributed by atoms with Crippen LogP contribution in [0.3, 0.4) is 0 Å². The second kappa shape index (κ2) is 4.24. The molecule has 0 aromatic heterocycles. The molecule has 1 aromatic rings. The Morgan fingerprint density at radius 1 is 1.00 bits per heavy atom. The van der Waals surface area contributed by atoms with E-state index in [2.05, 4.69) is 12.1 Å². The third-order valence-corrected chi connectivity index (χ3v) is 17.0. The van der Waals surface area contributed by atoms with Gasteiger partial charge in [0.25, 0.3) is 13.4 Å². The van der Waals surface area contributed by atoms with Crippen LogP contribution in [0.1, 0.15) is 11.1 Å². The van der Waals surface area contributed by atoms with Gasteiger partial charge in [-0.25, -0.2) is 0 Å². The Morgan fingerprint density at radius 2 is 1.60 bits per heavy atom. The van der Waals surface area contributed by atoms with Crippen molar-refractivity contribution >= 4 is 57.7 Å². The smallest absolute Gasteiger partial charge is 0.146 e. The molecule has 1 aliphatic heterocycles. The third-order valence-electron chi connectivity index (χ3n) is 2.71. The molecule has 0 nitrogen and oxygen atoms in total. The standard InChI is InChI=1S/C9H10Cl4Si2/c10-14(11)6-9(15(12,13)7-14)8-4-2-1-3-5-8/h1-5,9H,6-7H2. The average Bonchev–Trinajstić information content (AvgIpc) is 2.36. The highest BCUT2D eigenvalue weighted by atomic mass is 35.7. The van der Waals surface area contributed by atoms with E-state index >= 15 is 0 Å². The molecular weight excluding hydrogens is 306 g/mol. The van der Waals surface area contributed by atoms with Crippen molar-refractivity contribution in [2.24, 2.45) is 0 Å². The molecule has 0 aliphatic carbocycles. The Kier molecular flexibility index (Phi) is 3.47. The van der Waals surface area contributed by atoms with Gasteiger partial charge < -0.3 is 0 Å². The zero-order valence-corrected chi connectivity index (χ0v) is 12.9. The van der Waals surface area contributed by atoms with Crippen LogP contribution in [0.5, 0.6) is 0 Å². The van der Waals surface area contributed by atoms with Crippen molar-refractivity contribution in [2.45, 2.75) is 17.3 Å². The van der Waals surface area contributed by atoms with E-state index in [0.717, 1.165) is 6.04 Å². The van der Waals surface area contributed by atoms with Crippen LogP contribution in [0.15, 0.2) is 30.3 Å². The van der Waals surface area contributed by atoms with E-state index in [1.807, 2.05) is 18.2 Å². The first-order chi connectivity index (χ1) is 6.91. The first-order valence-electron chi connectivity index (χ1n) is 4.71. The van der Waals surface area contributed by atoms with Crippen LogP contribution in [0.25, 0.3) is 0 Å². The summed E-state index contributed by atoms with van der Waals surface area (Å²) in [5, 5.41) is 0. The Hall–Kier alpha value is 0.814. The van der Waals surface area contributed by atoms with E-state index in [1.165, 1.54) is 5.56 Å². The van der Waals surface area contributed by atoms with Crippen molar-refractivity contribution in [1.82, 2.24) is 0 Å². The lowest BCUT2D eigenvalue weighted by molar-refractivity contribution is 1.06. The van der Waals surface area contributed by atoms with Gasteiger partial charge >= 0.3 is 0 Å². The zero-order valence-electron chi connectivity index (χ0n) is 7.89. The van der Waals surface area contributed by atoms with Crippen molar-refractivity contribution < 1.29 is 0 Å². The molecule has 1 aliphatic rings. The summed E-state index contributed by atoms with van der Waals surface area (Å²) in [5.41, 5.74) is 2.06. The maximum absolute atomic E-state index is 6.42. The summed E-state index contributed by atoms with van der Waals surface area (Å²) in [5.74, 6) is 0. The van der Waals surface area contributed by atoms with Gasteiger partial charge in [0, 0.05) is 5.54 Å². The molecule has 0 radical (unpaired) electrons. The molecule has 0 saturated carbocycles. The van der Waals surface area contributed by atoms with Gasteiger partial charge in [-0.3, -0.25) is 0 Å². The van der Waals surface area contributed by atoms with Crippen molar-refractivity contribution in [1.29, 1.82) is 0 Å².